The average Bonchev–Trinajstić information content (AvgIpc) is 3.50. The lowest BCUT2D eigenvalue weighted by atomic mass is 9.88. The van der Waals surface area contributed by atoms with Crippen LogP contribution in [0.2, 0.25) is 0 Å². The van der Waals surface area contributed by atoms with E-state index in [1.165, 1.54) is 44.2 Å². The second-order valence-corrected chi connectivity index (χ2v) is 8.70. The summed E-state index contributed by atoms with van der Waals surface area (Å²) in [5, 5.41) is 3.24. The maximum atomic E-state index is 13.0. The number of carbonyl (C=O) groups is 1. The Kier molecular flexibility index (Phi) is 6.40. The molecule has 0 radical (unpaired) electrons. The number of aromatic nitrogens is 1. The lowest BCUT2D eigenvalue weighted by Crippen LogP contribution is -2.56. The van der Waals surface area contributed by atoms with E-state index in [1.54, 1.807) is 0 Å². The predicted molar refractivity (Wildman–Crippen MR) is 107 cm³/mol. The molecular formula is C22H34N4O. The summed E-state index contributed by atoms with van der Waals surface area (Å²) in [7, 11) is 0. The molecule has 1 aliphatic carbocycles. The van der Waals surface area contributed by atoms with Crippen molar-refractivity contribution < 1.29 is 4.79 Å². The van der Waals surface area contributed by atoms with Gasteiger partial charge in [-0.1, -0.05) is 12.8 Å². The van der Waals surface area contributed by atoms with E-state index in [4.69, 9.17) is 0 Å². The summed E-state index contributed by atoms with van der Waals surface area (Å²) in [6.07, 6.45) is 12.4. The molecule has 2 aliphatic heterocycles. The zero-order valence-electron chi connectivity index (χ0n) is 16.5. The minimum atomic E-state index is 0.125. The summed E-state index contributed by atoms with van der Waals surface area (Å²) in [5.74, 6) is 1.32. The zero-order chi connectivity index (χ0) is 18.5. The molecule has 1 amide bonds. The standard InChI is InChI=1S/C22H34N4O/c27-22-20-9-14-25(15-18-5-6-18)17-21(20)26(13-4-2-1-3-10-24-22)16-19-7-11-23-12-8-19/h7-8,11-12,18,20-21H,1-6,9-10,13-17H2,(H,24,27)/t20-,21-/m1/s1. The molecule has 1 aromatic rings. The van der Waals surface area contributed by atoms with Crippen LogP contribution in [0.3, 0.4) is 0 Å². The molecular weight excluding hydrogens is 336 g/mol. The van der Waals surface area contributed by atoms with E-state index in [-0.39, 0.29) is 11.8 Å². The van der Waals surface area contributed by atoms with Gasteiger partial charge in [-0.15, -0.1) is 0 Å². The molecule has 1 saturated carbocycles. The van der Waals surface area contributed by atoms with E-state index >= 15 is 0 Å². The second-order valence-electron chi connectivity index (χ2n) is 8.70. The van der Waals surface area contributed by atoms with E-state index in [1.807, 2.05) is 12.4 Å². The Morgan fingerprint density at radius 3 is 2.67 bits per heavy atom. The molecule has 0 bridgehead atoms. The number of amides is 1. The van der Waals surface area contributed by atoms with Crippen molar-refractivity contribution in [2.45, 2.75) is 57.5 Å². The Labute approximate surface area is 163 Å². The van der Waals surface area contributed by atoms with Crippen LogP contribution in [0, 0.1) is 11.8 Å². The van der Waals surface area contributed by atoms with Crippen LogP contribution in [0.5, 0.6) is 0 Å². The Morgan fingerprint density at radius 1 is 1.04 bits per heavy atom. The first kappa shape index (κ1) is 18.9. The van der Waals surface area contributed by atoms with Gasteiger partial charge in [-0.25, -0.2) is 0 Å². The van der Waals surface area contributed by atoms with E-state index in [2.05, 4.69) is 32.2 Å². The summed E-state index contributed by atoms with van der Waals surface area (Å²) in [5.41, 5.74) is 1.30. The van der Waals surface area contributed by atoms with Crippen molar-refractivity contribution in [3.05, 3.63) is 30.1 Å². The molecule has 3 aliphatic rings. The van der Waals surface area contributed by atoms with Gasteiger partial charge in [0.1, 0.15) is 0 Å². The van der Waals surface area contributed by atoms with Gasteiger partial charge in [0.15, 0.2) is 0 Å². The van der Waals surface area contributed by atoms with Gasteiger partial charge in [0, 0.05) is 44.6 Å². The van der Waals surface area contributed by atoms with Crippen LogP contribution in [0.1, 0.15) is 50.5 Å². The third kappa shape index (κ3) is 5.29. The van der Waals surface area contributed by atoms with Gasteiger partial charge in [-0.05, 0) is 68.8 Å². The topological polar surface area (TPSA) is 48.5 Å². The van der Waals surface area contributed by atoms with Crippen LogP contribution < -0.4 is 5.32 Å². The highest BCUT2D eigenvalue weighted by Crippen LogP contribution is 2.32. The monoisotopic (exact) mass is 370 g/mol. The first-order valence-corrected chi connectivity index (χ1v) is 10.9. The van der Waals surface area contributed by atoms with Crippen molar-refractivity contribution in [1.82, 2.24) is 20.1 Å². The van der Waals surface area contributed by atoms with E-state index < -0.39 is 0 Å². The van der Waals surface area contributed by atoms with Crippen LogP contribution in [0.4, 0.5) is 0 Å². The molecule has 5 heteroatoms. The molecule has 0 unspecified atom stereocenters. The van der Waals surface area contributed by atoms with Gasteiger partial charge < -0.3 is 10.2 Å². The molecule has 5 nitrogen and oxygen atoms in total. The molecule has 2 atom stereocenters. The third-order valence-corrected chi connectivity index (χ3v) is 6.49. The van der Waals surface area contributed by atoms with Crippen molar-refractivity contribution in [3.8, 4) is 0 Å². The summed E-state index contributed by atoms with van der Waals surface area (Å²) < 4.78 is 0. The van der Waals surface area contributed by atoms with Crippen LogP contribution in [0.25, 0.3) is 0 Å². The average molecular weight is 371 g/mol. The minimum absolute atomic E-state index is 0.125. The summed E-state index contributed by atoms with van der Waals surface area (Å²) in [6, 6.07) is 4.55. The first-order chi connectivity index (χ1) is 13.3. The lowest BCUT2D eigenvalue weighted by molar-refractivity contribution is -0.129. The highest BCUT2D eigenvalue weighted by molar-refractivity contribution is 5.79. The van der Waals surface area contributed by atoms with Crippen molar-refractivity contribution in [2.24, 2.45) is 11.8 Å². The predicted octanol–water partition coefficient (Wildman–Crippen LogP) is 2.67. The summed E-state index contributed by atoms with van der Waals surface area (Å²) in [6.45, 7) is 6.21. The number of piperidine rings is 1. The highest BCUT2D eigenvalue weighted by atomic mass is 16.1. The molecule has 3 fully saturated rings. The van der Waals surface area contributed by atoms with Gasteiger partial charge in [-0.3, -0.25) is 14.7 Å². The van der Waals surface area contributed by atoms with E-state index in [9.17, 15) is 4.79 Å². The quantitative estimate of drug-likeness (QED) is 0.885. The van der Waals surface area contributed by atoms with Crippen molar-refractivity contribution in [2.75, 3.05) is 32.7 Å². The number of likely N-dealkylation sites (tertiary alicyclic amines) is 1. The normalized spacial score (nSPS) is 28.8. The van der Waals surface area contributed by atoms with Gasteiger partial charge in [-0.2, -0.15) is 0 Å². The van der Waals surface area contributed by atoms with Gasteiger partial charge in [0.25, 0.3) is 0 Å². The van der Waals surface area contributed by atoms with Crippen LogP contribution in [-0.2, 0) is 11.3 Å². The van der Waals surface area contributed by atoms with Crippen molar-refractivity contribution in [1.29, 1.82) is 0 Å². The molecule has 3 heterocycles. The SMILES string of the molecule is O=C1NCCCCCCN(Cc2ccncc2)[C@@H]2CN(CC3CC3)CC[C@@H]12. The van der Waals surface area contributed by atoms with Gasteiger partial charge in [0.05, 0.1) is 5.92 Å². The number of hydrogen-bond donors (Lipinski definition) is 1. The fourth-order valence-corrected chi connectivity index (χ4v) is 4.73. The van der Waals surface area contributed by atoms with Gasteiger partial charge >= 0.3 is 0 Å². The Hall–Kier alpha value is -1.46. The number of nitrogens with one attached hydrogen (secondary N) is 1. The number of nitrogens with zero attached hydrogens (tertiary/aromatic N) is 3. The molecule has 27 heavy (non-hydrogen) atoms. The van der Waals surface area contributed by atoms with Gasteiger partial charge in [0.2, 0.25) is 5.91 Å². The Morgan fingerprint density at radius 2 is 1.85 bits per heavy atom. The number of carbonyl (C=O) groups excluding carboxylic acids is 1. The largest absolute Gasteiger partial charge is 0.356 e. The Bertz CT molecular complexity index is 604. The van der Waals surface area contributed by atoms with Crippen LogP contribution >= 0.6 is 0 Å². The number of pyridine rings is 1. The maximum Gasteiger partial charge on any atom is 0.224 e. The van der Waals surface area contributed by atoms with E-state index in [0.29, 0.717) is 6.04 Å². The number of rotatable bonds is 4. The fourth-order valence-electron chi connectivity index (χ4n) is 4.73. The minimum Gasteiger partial charge on any atom is -0.356 e. The first-order valence-electron chi connectivity index (χ1n) is 10.9. The Balaban J connectivity index is 1.53. The molecule has 1 aromatic heterocycles. The van der Waals surface area contributed by atoms with E-state index in [0.717, 1.165) is 51.5 Å². The number of hydrogen-bond acceptors (Lipinski definition) is 4. The molecule has 0 aromatic carbocycles. The summed E-state index contributed by atoms with van der Waals surface area (Å²) >= 11 is 0. The second kappa shape index (κ2) is 9.16. The van der Waals surface area contributed by atoms with Crippen molar-refractivity contribution in [3.63, 3.8) is 0 Å². The van der Waals surface area contributed by atoms with Crippen molar-refractivity contribution >= 4 is 5.91 Å². The molecule has 2 saturated heterocycles. The lowest BCUT2D eigenvalue weighted by Gasteiger charge is -2.43. The van der Waals surface area contributed by atoms with Crippen LogP contribution in [-0.4, -0.2) is 59.5 Å². The number of fused-ring (bicyclic) bond motifs is 1. The van der Waals surface area contributed by atoms with Crippen LogP contribution in [0.15, 0.2) is 24.5 Å². The summed E-state index contributed by atoms with van der Waals surface area (Å²) in [4.78, 5) is 22.3. The maximum absolute atomic E-state index is 13.0. The molecule has 148 valence electrons. The third-order valence-electron chi connectivity index (χ3n) is 6.49. The highest BCUT2D eigenvalue weighted by Gasteiger charge is 2.38. The molecule has 4 rings (SSSR count). The molecule has 0 spiro atoms. The smallest absolute Gasteiger partial charge is 0.224 e. The fraction of sp³-hybridized carbons (Fsp3) is 0.727. The zero-order valence-corrected chi connectivity index (χ0v) is 16.5. The molecule has 1 N–H and O–H groups in total.